The lowest BCUT2D eigenvalue weighted by Crippen LogP contribution is -2.19. The molecule has 2 unspecified atom stereocenters. The van der Waals surface area contributed by atoms with E-state index in [1.807, 2.05) is 0 Å². The van der Waals surface area contributed by atoms with Gasteiger partial charge in [-0.3, -0.25) is 0 Å². The lowest BCUT2D eigenvalue weighted by molar-refractivity contribution is 0.0637. The lowest BCUT2D eigenvalue weighted by atomic mass is 10.2. The van der Waals surface area contributed by atoms with Crippen LogP contribution in [0.4, 0.5) is 10.1 Å². The Morgan fingerprint density at radius 2 is 2.31 bits per heavy atom. The van der Waals surface area contributed by atoms with Gasteiger partial charge in [-0.1, -0.05) is 11.6 Å². The van der Waals surface area contributed by atoms with Gasteiger partial charge < -0.3 is 10.1 Å². The predicted octanol–water partition coefficient (Wildman–Crippen LogP) is 3.46. The second-order valence-electron chi connectivity index (χ2n) is 4.15. The molecule has 88 valence electrons. The minimum absolute atomic E-state index is 0.203. The third-order valence-electron chi connectivity index (χ3n) is 2.77. The molecule has 16 heavy (non-hydrogen) atoms. The molecule has 0 aliphatic carbocycles. The zero-order chi connectivity index (χ0) is 11.5. The molecule has 1 saturated heterocycles. The molecule has 2 atom stereocenters. The fraction of sp³-hybridized carbons (Fsp3) is 0.500. The Labute approximate surface area is 99.7 Å². The van der Waals surface area contributed by atoms with Crippen LogP contribution < -0.4 is 5.32 Å². The number of benzene rings is 1. The SMILES string of the molecule is CC1CCC(CNc2cc(F)ccc2Cl)O1. The van der Waals surface area contributed by atoms with Gasteiger partial charge >= 0.3 is 0 Å². The van der Waals surface area contributed by atoms with Crippen LogP contribution in [0, 0.1) is 5.82 Å². The van der Waals surface area contributed by atoms with Crippen molar-refractivity contribution in [2.75, 3.05) is 11.9 Å². The molecule has 1 N–H and O–H groups in total. The number of hydrogen-bond donors (Lipinski definition) is 1. The Bertz CT molecular complexity index is 372. The highest BCUT2D eigenvalue weighted by atomic mass is 35.5. The Morgan fingerprint density at radius 3 is 3.00 bits per heavy atom. The first-order chi connectivity index (χ1) is 7.65. The standard InChI is InChI=1S/C12H15ClFNO/c1-8-2-4-10(16-8)7-15-12-6-9(14)3-5-11(12)13/h3,5-6,8,10,15H,2,4,7H2,1H3. The largest absolute Gasteiger partial charge is 0.381 e. The van der Waals surface area contributed by atoms with E-state index in [0.717, 1.165) is 12.8 Å². The highest BCUT2D eigenvalue weighted by molar-refractivity contribution is 6.33. The smallest absolute Gasteiger partial charge is 0.125 e. The molecule has 0 amide bonds. The van der Waals surface area contributed by atoms with Gasteiger partial charge in [-0.2, -0.15) is 0 Å². The average Bonchev–Trinajstić information content (AvgIpc) is 2.66. The van der Waals surface area contributed by atoms with Crippen LogP contribution in [0.5, 0.6) is 0 Å². The molecular weight excluding hydrogens is 229 g/mol. The molecule has 2 rings (SSSR count). The maximum absolute atomic E-state index is 13.0. The fourth-order valence-electron chi connectivity index (χ4n) is 1.89. The molecule has 0 spiro atoms. The predicted molar refractivity (Wildman–Crippen MR) is 63.5 cm³/mol. The molecular formula is C12H15ClFNO. The maximum Gasteiger partial charge on any atom is 0.125 e. The van der Waals surface area contributed by atoms with Crippen LogP contribution in [0.1, 0.15) is 19.8 Å². The highest BCUT2D eigenvalue weighted by Gasteiger charge is 2.21. The minimum Gasteiger partial charge on any atom is -0.381 e. The summed E-state index contributed by atoms with van der Waals surface area (Å²) in [6.07, 6.45) is 2.66. The number of halogens is 2. The van der Waals surface area contributed by atoms with Crippen molar-refractivity contribution in [1.82, 2.24) is 0 Å². The van der Waals surface area contributed by atoms with Gasteiger partial charge in [0.15, 0.2) is 0 Å². The van der Waals surface area contributed by atoms with Crippen molar-refractivity contribution in [2.45, 2.75) is 32.0 Å². The topological polar surface area (TPSA) is 21.3 Å². The molecule has 1 fully saturated rings. The summed E-state index contributed by atoms with van der Waals surface area (Å²) in [4.78, 5) is 0. The molecule has 0 saturated carbocycles. The van der Waals surface area contributed by atoms with E-state index in [4.69, 9.17) is 16.3 Å². The molecule has 1 aromatic carbocycles. The summed E-state index contributed by atoms with van der Waals surface area (Å²) in [6, 6.07) is 4.31. The van der Waals surface area contributed by atoms with Crippen LogP contribution in [0.2, 0.25) is 5.02 Å². The van der Waals surface area contributed by atoms with E-state index < -0.39 is 0 Å². The molecule has 4 heteroatoms. The molecule has 0 bridgehead atoms. The van der Waals surface area contributed by atoms with E-state index in [9.17, 15) is 4.39 Å². The van der Waals surface area contributed by atoms with Gasteiger partial charge in [-0.25, -0.2) is 4.39 Å². The molecule has 1 aliphatic heterocycles. The van der Waals surface area contributed by atoms with Crippen molar-refractivity contribution in [3.63, 3.8) is 0 Å². The van der Waals surface area contributed by atoms with Crippen LogP contribution in [0.25, 0.3) is 0 Å². The molecule has 0 radical (unpaired) electrons. The summed E-state index contributed by atoms with van der Waals surface area (Å²) in [5.74, 6) is -0.285. The second kappa shape index (κ2) is 5.02. The van der Waals surface area contributed by atoms with Crippen molar-refractivity contribution >= 4 is 17.3 Å². The summed E-state index contributed by atoms with van der Waals surface area (Å²) in [6.45, 7) is 2.74. The Balaban J connectivity index is 1.91. The number of rotatable bonds is 3. The number of hydrogen-bond acceptors (Lipinski definition) is 2. The molecule has 1 aromatic rings. The first kappa shape index (κ1) is 11.7. The quantitative estimate of drug-likeness (QED) is 0.878. The van der Waals surface area contributed by atoms with Gasteiger partial charge in [0, 0.05) is 6.54 Å². The summed E-state index contributed by atoms with van der Waals surface area (Å²) in [5.41, 5.74) is 0.629. The van der Waals surface area contributed by atoms with Gasteiger partial charge in [0.1, 0.15) is 5.82 Å². The third-order valence-corrected chi connectivity index (χ3v) is 3.10. The molecule has 1 aliphatic rings. The van der Waals surface area contributed by atoms with Gasteiger partial charge in [0.2, 0.25) is 0 Å². The fourth-order valence-corrected chi connectivity index (χ4v) is 2.08. The monoisotopic (exact) mass is 243 g/mol. The number of nitrogens with one attached hydrogen (secondary N) is 1. The Morgan fingerprint density at radius 1 is 1.50 bits per heavy atom. The van der Waals surface area contributed by atoms with E-state index in [1.165, 1.54) is 12.1 Å². The molecule has 1 heterocycles. The maximum atomic E-state index is 13.0. The van der Waals surface area contributed by atoms with E-state index >= 15 is 0 Å². The minimum atomic E-state index is -0.285. The summed E-state index contributed by atoms with van der Waals surface area (Å²) >= 11 is 5.94. The Hall–Kier alpha value is -0.800. The van der Waals surface area contributed by atoms with Gasteiger partial charge in [0.05, 0.1) is 22.9 Å². The van der Waals surface area contributed by atoms with Crippen molar-refractivity contribution in [3.05, 3.63) is 29.0 Å². The van der Waals surface area contributed by atoms with Crippen molar-refractivity contribution < 1.29 is 9.13 Å². The van der Waals surface area contributed by atoms with Crippen LogP contribution in [0.15, 0.2) is 18.2 Å². The van der Waals surface area contributed by atoms with Crippen LogP contribution in [0.3, 0.4) is 0 Å². The number of ether oxygens (including phenoxy) is 1. The molecule has 0 aromatic heterocycles. The van der Waals surface area contributed by atoms with E-state index in [-0.39, 0.29) is 11.9 Å². The average molecular weight is 244 g/mol. The summed E-state index contributed by atoms with van der Waals surface area (Å²) < 4.78 is 18.6. The zero-order valence-corrected chi connectivity index (χ0v) is 9.93. The van der Waals surface area contributed by atoms with Crippen molar-refractivity contribution in [3.8, 4) is 0 Å². The van der Waals surface area contributed by atoms with E-state index in [0.29, 0.717) is 23.4 Å². The number of anilines is 1. The summed E-state index contributed by atoms with van der Waals surface area (Å²) in [7, 11) is 0. The normalized spacial score (nSPS) is 24.7. The third kappa shape index (κ3) is 2.86. The first-order valence-corrected chi connectivity index (χ1v) is 5.87. The second-order valence-corrected chi connectivity index (χ2v) is 4.56. The van der Waals surface area contributed by atoms with E-state index in [2.05, 4.69) is 12.2 Å². The van der Waals surface area contributed by atoms with Gasteiger partial charge in [-0.15, -0.1) is 0 Å². The summed E-state index contributed by atoms with van der Waals surface area (Å²) in [5, 5.41) is 3.65. The van der Waals surface area contributed by atoms with Gasteiger partial charge in [-0.05, 0) is 38.0 Å². The van der Waals surface area contributed by atoms with Crippen LogP contribution in [-0.2, 0) is 4.74 Å². The van der Waals surface area contributed by atoms with Crippen molar-refractivity contribution in [1.29, 1.82) is 0 Å². The Kier molecular flexibility index (Phi) is 3.66. The van der Waals surface area contributed by atoms with E-state index in [1.54, 1.807) is 6.07 Å². The first-order valence-electron chi connectivity index (χ1n) is 5.49. The molecule has 2 nitrogen and oxygen atoms in total. The van der Waals surface area contributed by atoms with Crippen LogP contribution >= 0.6 is 11.6 Å². The lowest BCUT2D eigenvalue weighted by Gasteiger charge is -2.14. The zero-order valence-electron chi connectivity index (χ0n) is 9.17. The highest BCUT2D eigenvalue weighted by Crippen LogP contribution is 2.24. The van der Waals surface area contributed by atoms with Crippen LogP contribution in [-0.4, -0.2) is 18.8 Å². The van der Waals surface area contributed by atoms with Crippen molar-refractivity contribution in [2.24, 2.45) is 0 Å². The van der Waals surface area contributed by atoms with Gasteiger partial charge in [0.25, 0.3) is 0 Å².